The third-order valence-electron chi connectivity index (χ3n) is 8.58. The standard InChI is InChI=1S/C36H19Cl2NOS/c37-26-18-24-32(30-22-10-4-6-12-28(22)40-34(26)30)33-25(19-27(38)35-31(33)23-11-5-7-13-29(23)41-35)36(24,20-8-2-1-3-9-20)21-14-16-39-17-15-21/h1-19H. The molecule has 41 heavy (non-hydrogen) atoms. The van der Waals surface area contributed by atoms with E-state index in [1.807, 2.05) is 24.5 Å². The van der Waals surface area contributed by atoms with Crippen LogP contribution in [0.3, 0.4) is 0 Å². The average molecular weight is 585 g/mol. The van der Waals surface area contributed by atoms with Gasteiger partial charge in [-0.25, -0.2) is 0 Å². The van der Waals surface area contributed by atoms with E-state index in [4.69, 9.17) is 27.6 Å². The molecule has 1 aliphatic rings. The topological polar surface area (TPSA) is 26.0 Å². The zero-order valence-electron chi connectivity index (χ0n) is 21.5. The van der Waals surface area contributed by atoms with Gasteiger partial charge in [-0.05, 0) is 69.8 Å². The van der Waals surface area contributed by atoms with Crippen LogP contribution in [-0.4, -0.2) is 4.98 Å². The summed E-state index contributed by atoms with van der Waals surface area (Å²) in [5.41, 5.74) is 7.70. The summed E-state index contributed by atoms with van der Waals surface area (Å²) in [4.78, 5) is 4.39. The molecule has 0 radical (unpaired) electrons. The van der Waals surface area contributed by atoms with Crippen LogP contribution in [0.5, 0.6) is 0 Å². The first kappa shape index (κ1) is 23.5. The number of thiophene rings is 1. The van der Waals surface area contributed by atoms with Crippen LogP contribution >= 0.6 is 34.5 Å². The summed E-state index contributed by atoms with van der Waals surface area (Å²) >= 11 is 16.1. The van der Waals surface area contributed by atoms with Crippen molar-refractivity contribution in [2.24, 2.45) is 0 Å². The van der Waals surface area contributed by atoms with Gasteiger partial charge in [-0.3, -0.25) is 4.98 Å². The highest BCUT2D eigenvalue weighted by molar-refractivity contribution is 7.26. The number of rotatable bonds is 2. The van der Waals surface area contributed by atoms with E-state index < -0.39 is 5.41 Å². The lowest BCUT2D eigenvalue weighted by molar-refractivity contribution is 0.668. The third-order valence-corrected chi connectivity index (χ3v) is 10.5. The van der Waals surface area contributed by atoms with Gasteiger partial charge in [0.1, 0.15) is 5.58 Å². The second-order valence-corrected chi connectivity index (χ2v) is 12.4. The van der Waals surface area contributed by atoms with Gasteiger partial charge in [-0.15, -0.1) is 11.3 Å². The fourth-order valence-electron chi connectivity index (χ4n) is 7.06. The predicted octanol–water partition coefficient (Wildman–Crippen LogP) is 11.0. The Hall–Kier alpha value is -4.15. The summed E-state index contributed by atoms with van der Waals surface area (Å²) < 4.78 is 8.74. The summed E-state index contributed by atoms with van der Waals surface area (Å²) in [6.45, 7) is 0. The summed E-state index contributed by atoms with van der Waals surface area (Å²) in [6.07, 6.45) is 3.73. The number of hydrogen-bond donors (Lipinski definition) is 0. The van der Waals surface area contributed by atoms with E-state index in [0.29, 0.717) is 10.6 Å². The van der Waals surface area contributed by atoms with Gasteiger partial charge in [0.25, 0.3) is 0 Å². The summed E-state index contributed by atoms with van der Waals surface area (Å²) in [5.74, 6) is 0. The molecular formula is C36H19Cl2NOS. The molecule has 0 bridgehead atoms. The van der Waals surface area contributed by atoms with Crippen LogP contribution in [0.1, 0.15) is 22.3 Å². The summed E-state index contributed by atoms with van der Waals surface area (Å²) in [7, 11) is 0. The molecule has 3 aromatic heterocycles. The van der Waals surface area contributed by atoms with Gasteiger partial charge in [0.15, 0.2) is 5.58 Å². The van der Waals surface area contributed by atoms with Crippen molar-refractivity contribution in [2.75, 3.05) is 0 Å². The third kappa shape index (κ3) is 2.96. The van der Waals surface area contributed by atoms with Gasteiger partial charge in [0.05, 0.1) is 20.2 Å². The number of benzene rings is 5. The maximum absolute atomic E-state index is 7.23. The van der Waals surface area contributed by atoms with Gasteiger partial charge in [-0.1, -0.05) is 89.9 Å². The van der Waals surface area contributed by atoms with Crippen LogP contribution < -0.4 is 0 Å². The molecule has 9 rings (SSSR count). The van der Waals surface area contributed by atoms with Crippen LogP contribution in [-0.2, 0) is 5.41 Å². The van der Waals surface area contributed by atoms with Gasteiger partial charge in [0.2, 0.25) is 0 Å². The Morgan fingerprint density at radius 3 is 2.07 bits per heavy atom. The zero-order chi connectivity index (χ0) is 27.3. The molecule has 0 fully saturated rings. The van der Waals surface area contributed by atoms with Crippen molar-refractivity contribution in [2.45, 2.75) is 5.41 Å². The maximum atomic E-state index is 7.23. The van der Waals surface area contributed by atoms with E-state index >= 15 is 0 Å². The Labute approximate surface area is 249 Å². The van der Waals surface area contributed by atoms with Crippen LogP contribution in [0.25, 0.3) is 53.2 Å². The Bertz CT molecular complexity index is 2170. The van der Waals surface area contributed by atoms with Crippen LogP contribution in [0.2, 0.25) is 10.0 Å². The van der Waals surface area contributed by atoms with E-state index in [0.717, 1.165) is 53.9 Å². The number of aromatic nitrogens is 1. The van der Waals surface area contributed by atoms with Gasteiger partial charge >= 0.3 is 0 Å². The van der Waals surface area contributed by atoms with Gasteiger partial charge in [-0.2, -0.15) is 0 Å². The van der Waals surface area contributed by atoms with E-state index in [1.165, 1.54) is 21.0 Å². The normalized spacial score (nSPS) is 16.1. The molecule has 0 saturated carbocycles. The number of fused-ring (bicyclic) bond motifs is 11. The quantitative estimate of drug-likeness (QED) is 0.202. The van der Waals surface area contributed by atoms with Gasteiger partial charge < -0.3 is 4.42 Å². The molecule has 1 aliphatic carbocycles. The number of hydrogen-bond acceptors (Lipinski definition) is 3. The lowest BCUT2D eigenvalue weighted by Crippen LogP contribution is -2.28. The van der Waals surface area contributed by atoms with Crippen molar-refractivity contribution in [3.05, 3.63) is 148 Å². The highest BCUT2D eigenvalue weighted by Gasteiger charge is 2.49. The minimum absolute atomic E-state index is 0.592. The first-order valence-electron chi connectivity index (χ1n) is 13.4. The second kappa shape index (κ2) is 8.43. The molecule has 0 saturated heterocycles. The van der Waals surface area contributed by atoms with E-state index in [-0.39, 0.29) is 0 Å². The maximum Gasteiger partial charge on any atom is 0.154 e. The summed E-state index contributed by atoms with van der Waals surface area (Å²) in [6, 6.07) is 36.0. The largest absolute Gasteiger partial charge is 0.454 e. The van der Waals surface area contributed by atoms with Crippen LogP contribution in [0.4, 0.5) is 0 Å². The second-order valence-electron chi connectivity index (χ2n) is 10.5. The number of halogens is 2. The van der Waals surface area contributed by atoms with Crippen molar-refractivity contribution >= 4 is 76.6 Å². The molecule has 8 aromatic rings. The molecule has 194 valence electrons. The van der Waals surface area contributed by atoms with Crippen molar-refractivity contribution in [1.82, 2.24) is 4.98 Å². The van der Waals surface area contributed by atoms with Crippen LogP contribution in [0.15, 0.2) is 120 Å². The van der Waals surface area contributed by atoms with E-state index in [2.05, 4.69) is 96.0 Å². The molecule has 0 aliphatic heterocycles. The molecule has 1 unspecified atom stereocenters. The molecular weight excluding hydrogens is 565 g/mol. The molecule has 2 nitrogen and oxygen atoms in total. The smallest absolute Gasteiger partial charge is 0.154 e. The lowest BCUT2D eigenvalue weighted by Gasteiger charge is -2.34. The highest BCUT2D eigenvalue weighted by atomic mass is 35.5. The lowest BCUT2D eigenvalue weighted by atomic mass is 9.68. The summed E-state index contributed by atoms with van der Waals surface area (Å²) in [5, 5.41) is 5.81. The monoisotopic (exact) mass is 583 g/mol. The Balaban J connectivity index is 1.63. The Morgan fingerprint density at radius 1 is 0.634 bits per heavy atom. The van der Waals surface area contributed by atoms with Crippen LogP contribution in [0, 0.1) is 0 Å². The first-order chi connectivity index (χ1) is 20.2. The zero-order valence-corrected chi connectivity index (χ0v) is 23.8. The number of nitrogens with zero attached hydrogens (tertiary/aromatic N) is 1. The number of para-hydroxylation sites is 1. The molecule has 1 atom stereocenters. The Morgan fingerprint density at radius 2 is 1.27 bits per heavy atom. The molecule has 0 N–H and O–H groups in total. The first-order valence-corrected chi connectivity index (χ1v) is 15.0. The minimum atomic E-state index is -0.675. The molecule has 0 amide bonds. The molecule has 0 spiro atoms. The van der Waals surface area contributed by atoms with Crippen molar-refractivity contribution in [3.8, 4) is 11.1 Å². The fourth-order valence-corrected chi connectivity index (χ4v) is 8.74. The molecule has 5 aromatic carbocycles. The van der Waals surface area contributed by atoms with E-state index in [9.17, 15) is 0 Å². The van der Waals surface area contributed by atoms with Crippen molar-refractivity contribution in [1.29, 1.82) is 0 Å². The van der Waals surface area contributed by atoms with E-state index in [1.54, 1.807) is 11.3 Å². The predicted molar refractivity (Wildman–Crippen MR) is 172 cm³/mol. The molecule has 5 heteroatoms. The highest BCUT2D eigenvalue weighted by Crippen LogP contribution is 2.63. The average Bonchev–Trinajstić information content (AvgIpc) is 3.67. The molecule has 3 heterocycles. The van der Waals surface area contributed by atoms with Crippen molar-refractivity contribution < 1.29 is 4.42 Å². The Kier molecular flexibility index (Phi) is 4.84. The number of pyridine rings is 1. The minimum Gasteiger partial charge on any atom is -0.454 e. The fraction of sp³-hybridized carbons (Fsp3) is 0.0278. The SMILES string of the molecule is Clc1cc2c(c3c1oc1ccccc13)-c1c(cc(Cl)c3sc4ccccc4c13)C2(c1ccccc1)c1ccncc1. The van der Waals surface area contributed by atoms with Crippen molar-refractivity contribution in [3.63, 3.8) is 0 Å². The van der Waals surface area contributed by atoms with Gasteiger partial charge in [0, 0.05) is 38.6 Å². The number of furan rings is 1.